The topological polar surface area (TPSA) is 33.1 Å². The van der Waals surface area contributed by atoms with Gasteiger partial charge in [-0.25, -0.2) is 0 Å². The lowest BCUT2D eigenvalue weighted by Gasteiger charge is -2.09. The Labute approximate surface area is 106 Å². The van der Waals surface area contributed by atoms with E-state index in [1.807, 2.05) is 30.5 Å². The van der Waals surface area contributed by atoms with Crippen molar-refractivity contribution in [3.63, 3.8) is 0 Å². The van der Waals surface area contributed by atoms with Gasteiger partial charge in [-0.2, -0.15) is 0 Å². The zero-order valence-corrected chi connectivity index (χ0v) is 10.9. The molecule has 0 radical (unpaired) electrons. The van der Waals surface area contributed by atoms with Crippen LogP contribution in [-0.4, -0.2) is 10.1 Å². The van der Waals surface area contributed by atoms with Crippen molar-refractivity contribution in [2.75, 3.05) is 0 Å². The first kappa shape index (κ1) is 11.0. The minimum Gasteiger partial charge on any atom is -0.388 e. The Hall–Kier alpha value is -0.460. The van der Waals surface area contributed by atoms with E-state index < -0.39 is 6.10 Å². The molecule has 2 aromatic rings. The van der Waals surface area contributed by atoms with E-state index in [0.29, 0.717) is 6.42 Å². The molecule has 1 N–H and O–H groups in total. The highest BCUT2D eigenvalue weighted by Gasteiger charge is 2.09. The summed E-state index contributed by atoms with van der Waals surface area (Å²) in [5, 5.41) is 9.99. The molecule has 0 aliphatic rings. The van der Waals surface area contributed by atoms with Crippen molar-refractivity contribution in [2.45, 2.75) is 12.5 Å². The van der Waals surface area contributed by atoms with E-state index in [2.05, 4.69) is 27.6 Å². The van der Waals surface area contributed by atoms with Crippen LogP contribution in [0.2, 0.25) is 0 Å². The summed E-state index contributed by atoms with van der Waals surface area (Å²) in [5.41, 5.74) is 2.76. The molecule has 0 saturated carbocycles. The van der Waals surface area contributed by atoms with Gasteiger partial charge < -0.3 is 5.11 Å². The van der Waals surface area contributed by atoms with Gasteiger partial charge >= 0.3 is 0 Å². The number of thiazole rings is 1. The number of hydrogen-bond acceptors (Lipinski definition) is 3. The van der Waals surface area contributed by atoms with Gasteiger partial charge in [-0.1, -0.05) is 12.1 Å². The maximum absolute atomic E-state index is 9.99. The van der Waals surface area contributed by atoms with Crippen LogP contribution in [-0.2, 0) is 6.42 Å². The SMILES string of the molecule is OC(Cc1cncs1)c1cccc(I)c1. The highest BCUT2D eigenvalue weighted by molar-refractivity contribution is 14.1. The smallest absolute Gasteiger partial charge is 0.0839 e. The monoisotopic (exact) mass is 331 g/mol. The number of aromatic nitrogens is 1. The van der Waals surface area contributed by atoms with Gasteiger partial charge in [-0.05, 0) is 40.3 Å². The first-order valence-corrected chi connectivity index (χ1v) is 6.52. The largest absolute Gasteiger partial charge is 0.388 e. The Balaban J connectivity index is 2.11. The van der Waals surface area contributed by atoms with Gasteiger partial charge in [-0.15, -0.1) is 11.3 Å². The molecular formula is C11H10INOS. The molecular weight excluding hydrogens is 321 g/mol. The second-order valence-electron chi connectivity index (χ2n) is 3.24. The molecule has 2 rings (SSSR count). The van der Waals surface area contributed by atoms with Crippen LogP contribution in [0.3, 0.4) is 0 Å². The van der Waals surface area contributed by atoms with Crippen molar-refractivity contribution in [1.29, 1.82) is 0 Å². The Bertz CT molecular complexity index is 430. The molecule has 4 heteroatoms. The molecule has 15 heavy (non-hydrogen) atoms. The number of aliphatic hydroxyl groups is 1. The Morgan fingerprint density at radius 1 is 1.47 bits per heavy atom. The molecule has 0 saturated heterocycles. The molecule has 1 aromatic carbocycles. The van der Waals surface area contributed by atoms with Gasteiger partial charge in [-0.3, -0.25) is 4.98 Å². The van der Waals surface area contributed by atoms with E-state index in [4.69, 9.17) is 0 Å². The molecule has 0 aliphatic carbocycles. The Morgan fingerprint density at radius 2 is 2.33 bits per heavy atom. The van der Waals surface area contributed by atoms with Crippen molar-refractivity contribution in [1.82, 2.24) is 4.98 Å². The third-order valence-electron chi connectivity index (χ3n) is 2.11. The standard InChI is InChI=1S/C11H10INOS/c12-9-3-1-2-8(4-9)11(14)5-10-6-13-7-15-10/h1-4,6-7,11,14H,5H2. The lowest BCUT2D eigenvalue weighted by Crippen LogP contribution is -2.00. The summed E-state index contributed by atoms with van der Waals surface area (Å²) in [6, 6.07) is 7.94. The predicted octanol–water partition coefficient (Wildman–Crippen LogP) is 3.02. The van der Waals surface area contributed by atoms with Crippen molar-refractivity contribution in [3.8, 4) is 0 Å². The number of benzene rings is 1. The summed E-state index contributed by atoms with van der Waals surface area (Å²) >= 11 is 3.82. The molecule has 1 unspecified atom stereocenters. The van der Waals surface area contributed by atoms with Crippen LogP contribution in [0, 0.1) is 3.57 Å². The van der Waals surface area contributed by atoms with Gasteiger partial charge in [0.1, 0.15) is 0 Å². The molecule has 1 heterocycles. The summed E-state index contributed by atoms with van der Waals surface area (Å²) in [5.74, 6) is 0. The first-order valence-electron chi connectivity index (χ1n) is 4.56. The maximum atomic E-state index is 9.99. The van der Waals surface area contributed by atoms with Crippen LogP contribution < -0.4 is 0 Å². The van der Waals surface area contributed by atoms with Crippen molar-refractivity contribution >= 4 is 33.9 Å². The number of nitrogens with zero attached hydrogens (tertiary/aromatic N) is 1. The van der Waals surface area contributed by atoms with Gasteiger partial charge in [0.25, 0.3) is 0 Å². The summed E-state index contributed by atoms with van der Waals surface area (Å²) in [6.45, 7) is 0. The Morgan fingerprint density at radius 3 is 3.00 bits per heavy atom. The van der Waals surface area contributed by atoms with Crippen LogP contribution >= 0.6 is 33.9 Å². The fraction of sp³-hybridized carbons (Fsp3) is 0.182. The Kier molecular flexibility index (Phi) is 3.71. The van der Waals surface area contributed by atoms with E-state index in [1.54, 1.807) is 16.8 Å². The minimum atomic E-state index is -0.430. The number of hydrogen-bond donors (Lipinski definition) is 1. The molecule has 0 bridgehead atoms. The molecule has 78 valence electrons. The van der Waals surface area contributed by atoms with E-state index in [1.165, 1.54) is 0 Å². The molecule has 0 amide bonds. The zero-order chi connectivity index (χ0) is 10.7. The van der Waals surface area contributed by atoms with Crippen LogP contribution in [0.25, 0.3) is 0 Å². The van der Waals surface area contributed by atoms with Gasteiger partial charge in [0.15, 0.2) is 0 Å². The van der Waals surface area contributed by atoms with Crippen molar-refractivity contribution < 1.29 is 5.11 Å². The van der Waals surface area contributed by atoms with Crippen molar-refractivity contribution in [3.05, 3.63) is 50.0 Å². The summed E-state index contributed by atoms with van der Waals surface area (Å²) in [6.07, 6.45) is 2.02. The molecule has 2 nitrogen and oxygen atoms in total. The number of aliphatic hydroxyl groups excluding tert-OH is 1. The second kappa shape index (κ2) is 5.05. The average Bonchev–Trinajstić information content (AvgIpc) is 2.70. The summed E-state index contributed by atoms with van der Waals surface area (Å²) in [7, 11) is 0. The van der Waals surface area contributed by atoms with E-state index in [0.717, 1.165) is 14.0 Å². The van der Waals surface area contributed by atoms with Gasteiger partial charge in [0.05, 0.1) is 11.6 Å². The summed E-state index contributed by atoms with van der Waals surface area (Å²) in [4.78, 5) is 5.10. The third kappa shape index (κ3) is 2.99. The van der Waals surface area contributed by atoms with Crippen LogP contribution in [0.4, 0.5) is 0 Å². The first-order chi connectivity index (χ1) is 7.25. The number of halogens is 1. The molecule has 1 atom stereocenters. The fourth-order valence-electron chi connectivity index (χ4n) is 1.37. The second-order valence-corrected chi connectivity index (χ2v) is 5.46. The van der Waals surface area contributed by atoms with Gasteiger partial charge in [0.2, 0.25) is 0 Å². The highest BCUT2D eigenvalue weighted by atomic mass is 127. The molecule has 0 aliphatic heterocycles. The van der Waals surface area contributed by atoms with E-state index in [-0.39, 0.29) is 0 Å². The average molecular weight is 331 g/mol. The quantitative estimate of drug-likeness (QED) is 0.877. The maximum Gasteiger partial charge on any atom is 0.0839 e. The zero-order valence-electron chi connectivity index (χ0n) is 7.93. The lowest BCUT2D eigenvalue weighted by atomic mass is 10.1. The normalized spacial score (nSPS) is 12.7. The summed E-state index contributed by atoms with van der Waals surface area (Å²) < 4.78 is 1.15. The van der Waals surface area contributed by atoms with E-state index >= 15 is 0 Å². The van der Waals surface area contributed by atoms with Gasteiger partial charge in [0, 0.05) is 21.1 Å². The minimum absolute atomic E-state index is 0.430. The van der Waals surface area contributed by atoms with Crippen LogP contribution in [0.1, 0.15) is 16.5 Å². The predicted molar refractivity (Wildman–Crippen MR) is 69.9 cm³/mol. The van der Waals surface area contributed by atoms with Crippen molar-refractivity contribution in [2.24, 2.45) is 0 Å². The molecule has 0 spiro atoms. The van der Waals surface area contributed by atoms with E-state index in [9.17, 15) is 5.11 Å². The van der Waals surface area contributed by atoms with Crippen LogP contribution in [0.15, 0.2) is 36.0 Å². The molecule has 0 fully saturated rings. The molecule has 1 aromatic heterocycles. The highest BCUT2D eigenvalue weighted by Crippen LogP contribution is 2.21. The lowest BCUT2D eigenvalue weighted by molar-refractivity contribution is 0.179. The number of rotatable bonds is 3. The fourth-order valence-corrected chi connectivity index (χ4v) is 2.57. The van der Waals surface area contributed by atoms with Crippen LogP contribution in [0.5, 0.6) is 0 Å². The third-order valence-corrected chi connectivity index (χ3v) is 3.58.